The van der Waals surface area contributed by atoms with Crippen LogP contribution < -0.4 is 10.3 Å². The van der Waals surface area contributed by atoms with Crippen LogP contribution in [0.15, 0.2) is 65.7 Å². The Morgan fingerprint density at radius 2 is 1.94 bits per heavy atom. The number of para-hydroxylation sites is 1. The molecule has 0 spiro atoms. The molecular formula is C24H22N4O3. The van der Waals surface area contributed by atoms with Gasteiger partial charge in [-0.2, -0.15) is 0 Å². The highest BCUT2D eigenvalue weighted by atomic mass is 16.5. The summed E-state index contributed by atoms with van der Waals surface area (Å²) < 4.78 is 6.85. The zero-order chi connectivity index (χ0) is 21.5. The summed E-state index contributed by atoms with van der Waals surface area (Å²) in [5.41, 5.74) is 3.74. The summed E-state index contributed by atoms with van der Waals surface area (Å²) in [4.78, 5) is 36.0. The summed E-state index contributed by atoms with van der Waals surface area (Å²) in [6.45, 7) is 0.522. The third-order valence-corrected chi connectivity index (χ3v) is 6.00. The number of nitrogens with one attached hydrogen (secondary N) is 1. The Morgan fingerprint density at radius 3 is 2.71 bits per heavy atom. The lowest BCUT2D eigenvalue weighted by molar-refractivity contribution is 0.0692. The van der Waals surface area contributed by atoms with Crippen molar-refractivity contribution in [3.05, 3.63) is 93.8 Å². The molecule has 1 aliphatic heterocycles. The highest BCUT2D eigenvalue weighted by Gasteiger charge is 2.35. The number of H-pyrrole nitrogens is 1. The number of methoxy groups -OCH3 is 1. The summed E-state index contributed by atoms with van der Waals surface area (Å²) in [5.74, 6) is 0.570. The number of hydrogen-bond donors (Lipinski definition) is 1. The van der Waals surface area contributed by atoms with Crippen LogP contribution in [-0.4, -0.2) is 39.0 Å². The van der Waals surface area contributed by atoms with Gasteiger partial charge < -0.3 is 19.2 Å². The van der Waals surface area contributed by atoms with E-state index in [1.165, 1.54) is 6.07 Å². The van der Waals surface area contributed by atoms with Crippen LogP contribution in [0.2, 0.25) is 0 Å². The molecule has 0 saturated heterocycles. The van der Waals surface area contributed by atoms with Crippen molar-refractivity contribution in [1.29, 1.82) is 0 Å². The van der Waals surface area contributed by atoms with E-state index in [4.69, 9.17) is 4.74 Å². The molecule has 7 nitrogen and oxygen atoms in total. The highest BCUT2D eigenvalue weighted by Crippen LogP contribution is 2.35. The van der Waals surface area contributed by atoms with Crippen molar-refractivity contribution in [3.63, 3.8) is 0 Å². The molecule has 0 bridgehead atoms. The first-order chi connectivity index (χ1) is 15.1. The standard InChI is InChI=1S/C24H22N4O3/c1-27-20-6-4-3-5-17(20)18(13-21(27)29)24(30)28-12-11-19-22(26-14-25-19)23(28)15-7-9-16(31-2)10-8-15/h3-10,13-14,23H,11-12H2,1-2H3,(H,25,26)/t23-/m0/s1. The van der Waals surface area contributed by atoms with Gasteiger partial charge in [-0.05, 0) is 23.8 Å². The summed E-state index contributed by atoms with van der Waals surface area (Å²) in [6, 6.07) is 16.3. The predicted molar refractivity (Wildman–Crippen MR) is 117 cm³/mol. The summed E-state index contributed by atoms with van der Waals surface area (Å²) in [7, 11) is 3.34. The Bertz CT molecular complexity index is 1340. The molecule has 4 aromatic rings. The molecule has 5 rings (SSSR count). The maximum Gasteiger partial charge on any atom is 0.255 e. The number of rotatable bonds is 3. The minimum Gasteiger partial charge on any atom is -0.497 e. The first-order valence-electron chi connectivity index (χ1n) is 10.1. The van der Waals surface area contributed by atoms with E-state index in [2.05, 4.69) is 9.97 Å². The van der Waals surface area contributed by atoms with E-state index in [-0.39, 0.29) is 17.5 Å². The molecule has 7 heteroatoms. The molecule has 0 fully saturated rings. The van der Waals surface area contributed by atoms with Crippen molar-refractivity contribution >= 4 is 16.8 Å². The van der Waals surface area contributed by atoms with Gasteiger partial charge in [-0.15, -0.1) is 0 Å². The van der Waals surface area contributed by atoms with E-state index in [1.807, 2.05) is 53.4 Å². The number of carbonyl (C=O) groups excluding carboxylic acids is 1. The first-order valence-corrected chi connectivity index (χ1v) is 10.1. The van der Waals surface area contributed by atoms with Crippen LogP contribution >= 0.6 is 0 Å². The van der Waals surface area contributed by atoms with Gasteiger partial charge >= 0.3 is 0 Å². The number of hydrogen-bond acceptors (Lipinski definition) is 4. The van der Waals surface area contributed by atoms with Gasteiger partial charge in [0.1, 0.15) is 11.8 Å². The molecule has 0 radical (unpaired) electrons. The smallest absolute Gasteiger partial charge is 0.255 e. The number of ether oxygens (including phenoxy) is 1. The Balaban J connectivity index is 1.65. The number of aromatic nitrogens is 3. The van der Waals surface area contributed by atoms with E-state index >= 15 is 0 Å². The maximum absolute atomic E-state index is 13.8. The van der Waals surface area contributed by atoms with E-state index < -0.39 is 0 Å². The number of nitrogens with zero attached hydrogens (tertiary/aromatic N) is 3. The molecule has 0 aliphatic carbocycles. The second-order valence-electron chi connectivity index (χ2n) is 7.66. The van der Waals surface area contributed by atoms with Crippen molar-refractivity contribution in [2.45, 2.75) is 12.5 Å². The van der Waals surface area contributed by atoms with Crippen LogP contribution in [0.25, 0.3) is 10.9 Å². The molecular weight excluding hydrogens is 392 g/mol. The highest BCUT2D eigenvalue weighted by molar-refractivity contribution is 6.06. The second-order valence-corrected chi connectivity index (χ2v) is 7.66. The molecule has 1 amide bonds. The molecule has 0 saturated carbocycles. The monoisotopic (exact) mass is 414 g/mol. The number of aryl methyl sites for hydroxylation is 1. The van der Waals surface area contributed by atoms with Crippen molar-refractivity contribution in [1.82, 2.24) is 19.4 Å². The van der Waals surface area contributed by atoms with Gasteiger partial charge in [0.15, 0.2) is 0 Å². The van der Waals surface area contributed by atoms with Crippen LogP contribution in [-0.2, 0) is 13.5 Å². The lowest BCUT2D eigenvalue weighted by atomic mass is 9.94. The third-order valence-electron chi connectivity index (χ3n) is 6.00. The maximum atomic E-state index is 13.8. The fourth-order valence-corrected chi connectivity index (χ4v) is 4.36. The van der Waals surface area contributed by atoms with Crippen molar-refractivity contribution in [2.75, 3.05) is 13.7 Å². The number of imidazole rings is 1. The molecule has 0 unspecified atom stereocenters. The van der Waals surface area contributed by atoms with Gasteiger partial charge in [0.05, 0.1) is 30.2 Å². The van der Waals surface area contributed by atoms with Crippen molar-refractivity contribution < 1.29 is 9.53 Å². The number of benzene rings is 2. The Kier molecular flexibility index (Phi) is 4.58. The first kappa shape index (κ1) is 19.1. The SMILES string of the molecule is COc1ccc([C@H]2c3nc[nH]c3CCN2C(=O)c2cc(=O)n(C)c3ccccc23)cc1. The molecule has 1 N–H and O–H groups in total. The van der Waals surface area contributed by atoms with E-state index in [0.29, 0.717) is 18.5 Å². The Morgan fingerprint density at radius 1 is 1.16 bits per heavy atom. The molecule has 1 aliphatic rings. The van der Waals surface area contributed by atoms with E-state index in [9.17, 15) is 9.59 Å². The van der Waals surface area contributed by atoms with Crippen LogP contribution in [0.4, 0.5) is 0 Å². The molecule has 2 aromatic carbocycles. The van der Waals surface area contributed by atoms with Gasteiger partial charge in [0.2, 0.25) is 0 Å². The predicted octanol–water partition coefficient (Wildman–Crippen LogP) is 3.06. The molecule has 1 atom stereocenters. The van der Waals surface area contributed by atoms with Crippen LogP contribution in [0.3, 0.4) is 0 Å². The van der Waals surface area contributed by atoms with E-state index in [1.54, 1.807) is 25.1 Å². The zero-order valence-electron chi connectivity index (χ0n) is 17.3. The van der Waals surface area contributed by atoms with Crippen molar-refractivity contribution in [2.24, 2.45) is 7.05 Å². The summed E-state index contributed by atoms with van der Waals surface area (Å²) in [6.07, 6.45) is 2.35. The average molecular weight is 414 g/mol. The molecule has 3 heterocycles. The van der Waals surface area contributed by atoms with Gasteiger partial charge in [-0.3, -0.25) is 9.59 Å². The minimum absolute atomic E-state index is 0.177. The van der Waals surface area contributed by atoms with Crippen molar-refractivity contribution in [3.8, 4) is 5.75 Å². The van der Waals surface area contributed by atoms with Crippen LogP contribution in [0.1, 0.15) is 33.4 Å². The molecule has 2 aromatic heterocycles. The summed E-state index contributed by atoms with van der Waals surface area (Å²) in [5, 5.41) is 0.760. The second kappa shape index (κ2) is 7.43. The lowest BCUT2D eigenvalue weighted by Gasteiger charge is -2.35. The number of carbonyl (C=O) groups is 1. The quantitative estimate of drug-likeness (QED) is 0.559. The number of aromatic amines is 1. The number of amides is 1. The fraction of sp³-hybridized carbons (Fsp3) is 0.208. The minimum atomic E-state index is -0.351. The van der Waals surface area contributed by atoms with Gasteiger partial charge in [-0.25, -0.2) is 4.98 Å². The van der Waals surface area contributed by atoms with Gasteiger partial charge in [0.25, 0.3) is 11.5 Å². The number of pyridine rings is 1. The topological polar surface area (TPSA) is 80.2 Å². The largest absolute Gasteiger partial charge is 0.497 e. The lowest BCUT2D eigenvalue weighted by Crippen LogP contribution is -2.41. The fourth-order valence-electron chi connectivity index (χ4n) is 4.36. The molecule has 31 heavy (non-hydrogen) atoms. The van der Waals surface area contributed by atoms with Gasteiger partial charge in [-0.1, -0.05) is 30.3 Å². The molecule has 156 valence electrons. The normalized spacial score (nSPS) is 15.7. The number of fused-ring (bicyclic) bond motifs is 2. The zero-order valence-corrected chi connectivity index (χ0v) is 17.3. The van der Waals surface area contributed by atoms with Crippen LogP contribution in [0, 0.1) is 0 Å². The third kappa shape index (κ3) is 3.09. The van der Waals surface area contributed by atoms with Crippen LogP contribution in [0.5, 0.6) is 5.75 Å². The van der Waals surface area contributed by atoms with E-state index in [0.717, 1.165) is 33.6 Å². The average Bonchev–Trinajstić information content (AvgIpc) is 3.29. The Labute approximate surface area is 178 Å². The van der Waals surface area contributed by atoms with Gasteiger partial charge in [0, 0.05) is 37.2 Å². The Hall–Kier alpha value is -3.87. The summed E-state index contributed by atoms with van der Waals surface area (Å²) >= 11 is 0.